The van der Waals surface area contributed by atoms with E-state index in [2.05, 4.69) is 18.9 Å². The lowest BCUT2D eigenvalue weighted by Gasteiger charge is -2.35. The Morgan fingerprint density at radius 3 is 2.69 bits per heavy atom. The number of rotatable bonds is 6. The second kappa shape index (κ2) is 8.80. The Morgan fingerprint density at radius 1 is 1.24 bits per heavy atom. The van der Waals surface area contributed by atoms with Crippen molar-refractivity contribution in [2.24, 2.45) is 5.92 Å². The van der Waals surface area contributed by atoms with Crippen molar-refractivity contribution in [2.45, 2.75) is 66.5 Å². The van der Waals surface area contributed by atoms with Gasteiger partial charge in [0.05, 0.1) is 12.1 Å². The summed E-state index contributed by atoms with van der Waals surface area (Å²) >= 11 is 0. The minimum atomic E-state index is -0.397. The van der Waals surface area contributed by atoms with E-state index in [9.17, 15) is 9.59 Å². The van der Waals surface area contributed by atoms with E-state index < -0.39 is 5.97 Å². The number of amides is 1. The molecule has 0 radical (unpaired) electrons. The summed E-state index contributed by atoms with van der Waals surface area (Å²) in [5, 5.41) is 4.54. The van der Waals surface area contributed by atoms with Crippen molar-refractivity contribution >= 4 is 17.6 Å². The van der Waals surface area contributed by atoms with Crippen molar-refractivity contribution in [3.63, 3.8) is 0 Å². The molecule has 1 aliphatic rings. The maximum absolute atomic E-state index is 12.8. The first kappa shape index (κ1) is 21.1. The molecule has 1 unspecified atom stereocenters. The van der Waals surface area contributed by atoms with E-state index in [1.54, 1.807) is 4.90 Å². The molecule has 1 amide bonds. The van der Waals surface area contributed by atoms with E-state index in [-0.39, 0.29) is 25.0 Å². The lowest BCUT2D eigenvalue weighted by molar-refractivity contribution is -0.147. The molecular formula is C23H31N3O3. The molecule has 0 N–H and O–H groups in total. The quantitative estimate of drug-likeness (QED) is 0.699. The number of hydrogen-bond acceptors (Lipinski definition) is 4. The first-order valence-corrected chi connectivity index (χ1v) is 10.4. The van der Waals surface area contributed by atoms with Gasteiger partial charge < -0.3 is 9.64 Å². The Bertz CT molecular complexity index is 901. The maximum atomic E-state index is 12.8. The summed E-state index contributed by atoms with van der Waals surface area (Å²) in [7, 11) is 0. The molecule has 6 heteroatoms. The molecule has 2 heterocycles. The minimum absolute atomic E-state index is 0.0925. The van der Waals surface area contributed by atoms with E-state index in [0.717, 1.165) is 47.6 Å². The van der Waals surface area contributed by atoms with Gasteiger partial charge in [-0.1, -0.05) is 32.0 Å². The Kier molecular flexibility index (Phi) is 6.40. The van der Waals surface area contributed by atoms with Crippen LogP contribution in [0.2, 0.25) is 0 Å². The third-order valence-corrected chi connectivity index (χ3v) is 5.54. The zero-order chi connectivity index (χ0) is 21.1. The SMILES string of the molecule is Cc1nn(CC(C)C)c(C)c1CC(=O)OCC(=O)N1c2ccccc2CCC1C. The zero-order valence-electron chi connectivity index (χ0n) is 18.1. The standard InChI is InChI=1S/C23H31N3O3/c1-15(2)13-25-18(5)20(17(4)24-25)12-23(28)29-14-22(27)26-16(3)10-11-19-8-6-7-9-21(19)26/h6-9,15-16H,10-14H2,1-5H3. The molecule has 0 spiro atoms. The number of nitrogens with zero attached hydrogens (tertiary/aromatic N) is 3. The molecule has 1 atom stereocenters. The van der Waals surface area contributed by atoms with Crippen molar-refractivity contribution in [3.05, 3.63) is 46.8 Å². The highest BCUT2D eigenvalue weighted by Crippen LogP contribution is 2.30. The van der Waals surface area contributed by atoms with Crippen LogP contribution in [-0.2, 0) is 33.7 Å². The van der Waals surface area contributed by atoms with Gasteiger partial charge in [0.1, 0.15) is 0 Å². The zero-order valence-corrected chi connectivity index (χ0v) is 18.1. The number of benzene rings is 1. The number of aromatic nitrogens is 2. The third kappa shape index (κ3) is 4.69. The smallest absolute Gasteiger partial charge is 0.310 e. The van der Waals surface area contributed by atoms with E-state index in [1.165, 1.54) is 0 Å². The van der Waals surface area contributed by atoms with Gasteiger partial charge in [0.15, 0.2) is 6.61 Å². The fraction of sp³-hybridized carbons (Fsp3) is 0.522. The summed E-state index contributed by atoms with van der Waals surface area (Å²) in [6.45, 7) is 10.8. The summed E-state index contributed by atoms with van der Waals surface area (Å²) < 4.78 is 7.30. The molecule has 3 rings (SSSR count). The van der Waals surface area contributed by atoms with Crippen molar-refractivity contribution in [1.29, 1.82) is 0 Å². The Balaban J connectivity index is 1.63. The van der Waals surface area contributed by atoms with Crippen LogP contribution in [0.15, 0.2) is 24.3 Å². The van der Waals surface area contributed by atoms with Crippen LogP contribution < -0.4 is 4.90 Å². The first-order chi connectivity index (χ1) is 13.8. The van der Waals surface area contributed by atoms with Crippen molar-refractivity contribution < 1.29 is 14.3 Å². The van der Waals surface area contributed by atoms with Gasteiger partial charge in [-0.05, 0) is 51.2 Å². The summed E-state index contributed by atoms with van der Waals surface area (Å²) in [4.78, 5) is 27.0. The molecular weight excluding hydrogens is 366 g/mol. The molecule has 0 fully saturated rings. The monoisotopic (exact) mass is 397 g/mol. The number of carbonyl (C=O) groups is 2. The number of hydrogen-bond donors (Lipinski definition) is 0. The van der Waals surface area contributed by atoms with E-state index in [0.29, 0.717) is 5.92 Å². The van der Waals surface area contributed by atoms with Crippen LogP contribution in [0.3, 0.4) is 0 Å². The van der Waals surface area contributed by atoms with Crippen molar-refractivity contribution in [2.75, 3.05) is 11.5 Å². The van der Waals surface area contributed by atoms with Gasteiger partial charge >= 0.3 is 5.97 Å². The second-order valence-corrected chi connectivity index (χ2v) is 8.34. The van der Waals surface area contributed by atoms with Crippen LogP contribution in [0.1, 0.15) is 49.7 Å². The number of aryl methyl sites for hydroxylation is 2. The lowest BCUT2D eigenvalue weighted by atomic mass is 9.96. The van der Waals surface area contributed by atoms with Crippen LogP contribution >= 0.6 is 0 Å². The van der Waals surface area contributed by atoms with E-state index in [4.69, 9.17) is 4.74 Å². The largest absolute Gasteiger partial charge is 0.455 e. The molecule has 6 nitrogen and oxygen atoms in total. The highest BCUT2D eigenvalue weighted by Gasteiger charge is 2.28. The molecule has 1 aliphatic heterocycles. The molecule has 0 saturated carbocycles. The number of para-hydroxylation sites is 1. The summed E-state index contributed by atoms with van der Waals surface area (Å²) in [5.74, 6) is -0.103. The van der Waals surface area contributed by atoms with Gasteiger partial charge in [-0.3, -0.25) is 14.3 Å². The molecule has 0 bridgehead atoms. The number of esters is 1. The predicted octanol–water partition coefficient (Wildman–Crippen LogP) is 3.61. The Labute approximate surface area is 172 Å². The third-order valence-electron chi connectivity index (χ3n) is 5.54. The van der Waals surface area contributed by atoms with E-state index in [1.807, 2.05) is 49.7 Å². The molecule has 156 valence electrons. The topological polar surface area (TPSA) is 64.4 Å². The number of ether oxygens (including phenoxy) is 1. The highest BCUT2D eigenvalue weighted by atomic mass is 16.5. The summed E-state index contributed by atoms with van der Waals surface area (Å²) in [6, 6.07) is 8.02. The first-order valence-electron chi connectivity index (χ1n) is 10.4. The molecule has 1 aromatic carbocycles. The number of carbonyl (C=O) groups excluding carboxylic acids is 2. The highest BCUT2D eigenvalue weighted by molar-refractivity contribution is 5.97. The lowest BCUT2D eigenvalue weighted by Crippen LogP contribution is -2.44. The van der Waals surface area contributed by atoms with Crippen LogP contribution in [0.5, 0.6) is 0 Å². The van der Waals surface area contributed by atoms with Gasteiger partial charge in [0.2, 0.25) is 0 Å². The molecule has 0 saturated heterocycles. The van der Waals surface area contributed by atoms with Crippen LogP contribution in [0.25, 0.3) is 0 Å². The molecule has 2 aromatic rings. The molecule has 1 aromatic heterocycles. The maximum Gasteiger partial charge on any atom is 0.310 e. The van der Waals surface area contributed by atoms with Crippen LogP contribution in [-0.4, -0.2) is 34.3 Å². The summed E-state index contributed by atoms with van der Waals surface area (Å²) in [6.07, 6.45) is 2.00. The normalized spacial score (nSPS) is 16.1. The number of fused-ring (bicyclic) bond motifs is 1. The molecule has 29 heavy (non-hydrogen) atoms. The van der Waals surface area contributed by atoms with Crippen molar-refractivity contribution in [3.8, 4) is 0 Å². The fourth-order valence-corrected chi connectivity index (χ4v) is 3.99. The minimum Gasteiger partial charge on any atom is -0.455 e. The average molecular weight is 398 g/mol. The Hall–Kier alpha value is -2.63. The Morgan fingerprint density at radius 2 is 1.97 bits per heavy atom. The number of anilines is 1. The van der Waals surface area contributed by atoms with Gasteiger partial charge in [0, 0.05) is 29.5 Å². The van der Waals surface area contributed by atoms with Crippen LogP contribution in [0.4, 0.5) is 5.69 Å². The van der Waals surface area contributed by atoms with Gasteiger partial charge in [-0.25, -0.2) is 0 Å². The predicted molar refractivity (Wildman–Crippen MR) is 113 cm³/mol. The van der Waals surface area contributed by atoms with Gasteiger partial charge in [0.25, 0.3) is 5.91 Å². The average Bonchev–Trinajstić information content (AvgIpc) is 2.92. The van der Waals surface area contributed by atoms with Gasteiger partial charge in [-0.15, -0.1) is 0 Å². The van der Waals surface area contributed by atoms with Crippen molar-refractivity contribution in [1.82, 2.24) is 9.78 Å². The summed E-state index contributed by atoms with van der Waals surface area (Å²) in [5.41, 5.74) is 4.80. The van der Waals surface area contributed by atoms with Crippen LogP contribution in [0, 0.1) is 19.8 Å². The second-order valence-electron chi connectivity index (χ2n) is 8.34. The van der Waals surface area contributed by atoms with Gasteiger partial charge in [-0.2, -0.15) is 5.10 Å². The van der Waals surface area contributed by atoms with E-state index >= 15 is 0 Å². The molecule has 0 aliphatic carbocycles. The fourth-order valence-electron chi connectivity index (χ4n) is 3.99.